The summed E-state index contributed by atoms with van der Waals surface area (Å²) in [6.07, 6.45) is -1.13. The molecule has 1 saturated heterocycles. The number of amides is 3. The molecule has 2 aliphatic rings. The van der Waals surface area contributed by atoms with E-state index in [1.54, 1.807) is 0 Å². The standard InChI is InChI=1S/C38H33N5O11S/c39-33(45)24-5-9-26(10-6-24)36(49,17-22-1-13-28(14-2-22)42(51)52)19-30-32(35(47)48)41-31(44)20-38(41,55-30)21-37(50,27-11-7-25(8-12-27)34(40)46)18-23-3-15-29(16-4-23)43(53)54/h1-16,49-50H,17-21H2,(H2,39,45)(H2,40,46)(H,47,48)/t36-,37-,38?/m0/s1. The maximum Gasteiger partial charge on any atom is 0.353 e. The molecule has 1 fully saturated rings. The number of carbonyl (C=O) groups is 4. The van der Waals surface area contributed by atoms with E-state index in [-0.39, 0.29) is 65.1 Å². The number of fused-ring (bicyclic) bond motifs is 1. The van der Waals surface area contributed by atoms with Crippen LogP contribution in [0.5, 0.6) is 0 Å². The summed E-state index contributed by atoms with van der Waals surface area (Å²) < 4.78 is 0. The molecule has 2 aliphatic heterocycles. The average Bonchev–Trinajstić information content (AvgIpc) is 3.38. The molecule has 282 valence electrons. The lowest BCUT2D eigenvalue weighted by Gasteiger charge is -2.50. The molecule has 0 spiro atoms. The van der Waals surface area contributed by atoms with Crippen molar-refractivity contribution in [3.05, 3.63) is 161 Å². The molecule has 4 aromatic rings. The molecular weight excluding hydrogens is 735 g/mol. The van der Waals surface area contributed by atoms with Crippen LogP contribution in [-0.4, -0.2) is 58.6 Å². The molecule has 17 heteroatoms. The van der Waals surface area contributed by atoms with Crippen LogP contribution in [-0.2, 0) is 33.6 Å². The second-order valence-electron chi connectivity index (χ2n) is 13.5. The van der Waals surface area contributed by atoms with Gasteiger partial charge in [0.15, 0.2) is 0 Å². The van der Waals surface area contributed by atoms with E-state index in [0.717, 1.165) is 16.7 Å². The Labute approximate surface area is 316 Å². The van der Waals surface area contributed by atoms with Crippen molar-refractivity contribution in [1.82, 2.24) is 4.90 Å². The van der Waals surface area contributed by atoms with E-state index < -0.39 is 55.3 Å². The van der Waals surface area contributed by atoms with Gasteiger partial charge in [-0.05, 0) is 46.5 Å². The predicted octanol–water partition coefficient (Wildman–Crippen LogP) is 4.01. The summed E-state index contributed by atoms with van der Waals surface area (Å²) in [4.78, 5) is 71.3. The second kappa shape index (κ2) is 14.4. The van der Waals surface area contributed by atoms with Crippen LogP contribution >= 0.6 is 11.8 Å². The van der Waals surface area contributed by atoms with Gasteiger partial charge in [0.25, 0.3) is 11.4 Å². The van der Waals surface area contributed by atoms with E-state index in [2.05, 4.69) is 0 Å². The van der Waals surface area contributed by atoms with Gasteiger partial charge in [0, 0.05) is 66.0 Å². The van der Waals surface area contributed by atoms with Crippen LogP contribution in [0, 0.1) is 20.2 Å². The van der Waals surface area contributed by atoms with Crippen LogP contribution in [0.15, 0.2) is 108 Å². The molecule has 3 atom stereocenters. The number of β-lactam (4-membered cyclic amide) rings is 1. The highest BCUT2D eigenvalue weighted by Gasteiger charge is 2.63. The Kier molecular flexibility index (Phi) is 10.0. The highest BCUT2D eigenvalue weighted by molar-refractivity contribution is 8.04. The number of hydrogen-bond donors (Lipinski definition) is 5. The van der Waals surface area contributed by atoms with Crippen molar-refractivity contribution < 1.29 is 44.3 Å². The lowest BCUT2D eigenvalue weighted by Crippen LogP contribution is -2.61. The number of non-ortho nitro benzene ring substituents is 2. The van der Waals surface area contributed by atoms with Crippen LogP contribution in [0.3, 0.4) is 0 Å². The van der Waals surface area contributed by atoms with Crippen LogP contribution < -0.4 is 11.5 Å². The molecule has 2 heterocycles. The van der Waals surface area contributed by atoms with Crippen molar-refractivity contribution in [3.63, 3.8) is 0 Å². The molecule has 3 amide bonds. The normalized spacial score (nSPS) is 18.4. The van der Waals surface area contributed by atoms with Crippen molar-refractivity contribution in [2.24, 2.45) is 11.5 Å². The van der Waals surface area contributed by atoms with E-state index in [0.29, 0.717) is 16.7 Å². The zero-order valence-corrected chi connectivity index (χ0v) is 29.6. The number of thioether (sulfide) groups is 1. The van der Waals surface area contributed by atoms with Gasteiger partial charge in [-0.2, -0.15) is 0 Å². The van der Waals surface area contributed by atoms with Gasteiger partial charge in [-0.25, -0.2) is 4.79 Å². The minimum atomic E-state index is -1.90. The predicted molar refractivity (Wildman–Crippen MR) is 197 cm³/mol. The van der Waals surface area contributed by atoms with Crippen molar-refractivity contribution in [1.29, 1.82) is 0 Å². The smallest absolute Gasteiger partial charge is 0.353 e. The number of carboxylic acid groups (broad SMARTS) is 1. The van der Waals surface area contributed by atoms with Gasteiger partial charge < -0.3 is 26.8 Å². The monoisotopic (exact) mass is 767 g/mol. The Morgan fingerprint density at radius 1 is 0.709 bits per heavy atom. The fraction of sp³-hybridized carbons (Fsp3) is 0.211. The van der Waals surface area contributed by atoms with Gasteiger partial charge in [-0.3, -0.25) is 39.5 Å². The fourth-order valence-corrected chi connectivity index (χ4v) is 8.98. The van der Waals surface area contributed by atoms with Crippen LogP contribution in [0.1, 0.15) is 62.2 Å². The number of aliphatic carboxylic acids is 1. The summed E-state index contributed by atoms with van der Waals surface area (Å²) in [5.41, 5.74) is 8.13. The summed E-state index contributed by atoms with van der Waals surface area (Å²) in [6, 6.07) is 22.4. The number of nitrogens with zero attached hydrogens (tertiary/aromatic N) is 3. The number of nitro groups is 2. The van der Waals surface area contributed by atoms with Crippen molar-refractivity contribution in [2.45, 2.75) is 48.2 Å². The molecule has 55 heavy (non-hydrogen) atoms. The third-order valence-electron chi connectivity index (χ3n) is 9.81. The molecule has 0 aliphatic carbocycles. The number of hydrogen-bond acceptors (Lipinski definition) is 11. The molecule has 4 aromatic carbocycles. The molecule has 0 radical (unpaired) electrons. The zero-order valence-electron chi connectivity index (χ0n) is 28.8. The van der Waals surface area contributed by atoms with E-state index in [1.807, 2.05) is 0 Å². The topological polar surface area (TPSA) is 271 Å². The first kappa shape index (κ1) is 38.3. The molecular formula is C38H33N5O11S. The minimum absolute atomic E-state index is 0.100. The maximum absolute atomic E-state index is 13.4. The first-order chi connectivity index (χ1) is 25.9. The number of primary amides is 2. The van der Waals surface area contributed by atoms with Gasteiger partial charge in [0.05, 0.1) is 27.5 Å². The van der Waals surface area contributed by atoms with Gasteiger partial charge in [-0.15, -0.1) is 0 Å². The summed E-state index contributed by atoms with van der Waals surface area (Å²) in [5, 5.41) is 58.2. The van der Waals surface area contributed by atoms with E-state index in [4.69, 9.17) is 11.5 Å². The number of nitrogens with two attached hydrogens (primary N) is 2. The summed E-state index contributed by atoms with van der Waals surface area (Å²) in [5.74, 6) is -3.45. The van der Waals surface area contributed by atoms with E-state index in [9.17, 15) is 54.7 Å². The molecule has 0 saturated carbocycles. The summed E-state index contributed by atoms with van der Waals surface area (Å²) in [6.45, 7) is 0. The van der Waals surface area contributed by atoms with Crippen LogP contribution in [0.4, 0.5) is 11.4 Å². The van der Waals surface area contributed by atoms with Gasteiger partial charge >= 0.3 is 5.97 Å². The third-order valence-corrected chi connectivity index (χ3v) is 11.2. The van der Waals surface area contributed by atoms with Gasteiger partial charge in [0.2, 0.25) is 17.7 Å². The fourth-order valence-electron chi connectivity index (χ4n) is 7.15. The highest BCUT2D eigenvalue weighted by atomic mass is 32.2. The molecule has 0 bridgehead atoms. The lowest BCUT2D eigenvalue weighted by atomic mass is 9.78. The van der Waals surface area contributed by atoms with Gasteiger partial charge in [-0.1, -0.05) is 60.3 Å². The Morgan fingerprint density at radius 2 is 1.13 bits per heavy atom. The third kappa shape index (κ3) is 7.53. The van der Waals surface area contributed by atoms with Gasteiger partial charge in [0.1, 0.15) is 10.6 Å². The highest BCUT2D eigenvalue weighted by Crippen LogP contribution is 2.61. The number of benzene rings is 4. The molecule has 6 rings (SSSR count). The van der Waals surface area contributed by atoms with E-state index >= 15 is 0 Å². The molecule has 0 aromatic heterocycles. The van der Waals surface area contributed by atoms with Crippen molar-refractivity contribution in [2.75, 3.05) is 0 Å². The molecule has 7 N–H and O–H groups in total. The number of aliphatic hydroxyl groups is 2. The van der Waals surface area contributed by atoms with E-state index in [1.165, 1.54) is 97.1 Å². The first-order valence-corrected chi connectivity index (χ1v) is 17.5. The Bertz CT molecular complexity index is 2260. The zero-order chi connectivity index (χ0) is 39.9. The van der Waals surface area contributed by atoms with Crippen molar-refractivity contribution in [3.8, 4) is 0 Å². The quantitative estimate of drug-likeness (QED) is 0.0652. The second-order valence-corrected chi connectivity index (χ2v) is 15.0. The Balaban J connectivity index is 1.40. The maximum atomic E-state index is 13.4. The molecule has 16 nitrogen and oxygen atoms in total. The number of rotatable bonds is 15. The lowest BCUT2D eigenvalue weighted by molar-refractivity contribution is -0.385. The largest absolute Gasteiger partial charge is 0.477 e. The average molecular weight is 768 g/mol. The van der Waals surface area contributed by atoms with Crippen molar-refractivity contribution >= 4 is 46.8 Å². The van der Waals surface area contributed by atoms with Crippen LogP contribution in [0.2, 0.25) is 0 Å². The number of carboxylic acids is 1. The van der Waals surface area contributed by atoms with Crippen LogP contribution in [0.25, 0.3) is 0 Å². The summed E-state index contributed by atoms with van der Waals surface area (Å²) in [7, 11) is 0. The first-order valence-electron chi connectivity index (χ1n) is 16.6. The summed E-state index contributed by atoms with van der Waals surface area (Å²) >= 11 is 0.998. The Morgan fingerprint density at radius 3 is 1.51 bits per heavy atom. The number of nitro benzene ring substituents is 2. The minimum Gasteiger partial charge on any atom is -0.477 e. The Hall–Kier alpha value is -6.43. The SMILES string of the molecule is NC(=O)c1ccc([C@@](O)(CC2=C(C(=O)O)N3C(=O)CC3(C[C@@](O)(Cc3ccc([N+](=O)[O-])cc3)c3ccc(C(N)=O)cc3)S2)Cc2ccc([N+](=O)[O-])cc2)cc1. The number of carbonyl (C=O) groups excluding carboxylic acids is 3. The molecule has 1 unspecified atom stereocenters.